The van der Waals surface area contributed by atoms with Gasteiger partial charge in [-0.2, -0.15) is 0 Å². The van der Waals surface area contributed by atoms with Crippen molar-refractivity contribution in [3.05, 3.63) is 71.3 Å². The van der Waals surface area contributed by atoms with Crippen molar-refractivity contribution in [1.29, 1.82) is 0 Å². The van der Waals surface area contributed by atoms with E-state index in [1.54, 1.807) is 0 Å². The summed E-state index contributed by atoms with van der Waals surface area (Å²) in [5, 5.41) is 3.40. The number of hydrogen-bond acceptors (Lipinski definition) is 4. The highest BCUT2D eigenvalue weighted by atomic mass is 19.1. The van der Waals surface area contributed by atoms with Crippen molar-refractivity contribution in [3.63, 3.8) is 0 Å². The Morgan fingerprint density at radius 2 is 1.72 bits per heavy atom. The first-order valence-electron chi connectivity index (χ1n) is 13.3. The Morgan fingerprint density at radius 3 is 2.56 bits per heavy atom. The molecule has 0 bridgehead atoms. The van der Waals surface area contributed by atoms with Crippen LogP contribution in [0.2, 0.25) is 0 Å². The minimum atomic E-state index is -0.618. The Labute approximate surface area is 214 Å². The molecular formula is C31H37FN2O2. The fourth-order valence-corrected chi connectivity index (χ4v) is 5.36. The molecule has 3 aromatic rings. The van der Waals surface area contributed by atoms with Crippen molar-refractivity contribution in [2.75, 3.05) is 39.4 Å². The van der Waals surface area contributed by atoms with E-state index in [0.717, 1.165) is 56.2 Å². The quantitative estimate of drug-likeness (QED) is 0.395. The minimum Gasteiger partial charge on any atom is -0.493 e. The lowest BCUT2D eigenvalue weighted by Crippen LogP contribution is -2.35. The summed E-state index contributed by atoms with van der Waals surface area (Å²) in [7, 11) is 0. The summed E-state index contributed by atoms with van der Waals surface area (Å²) < 4.78 is 25.6. The molecule has 3 aromatic carbocycles. The lowest BCUT2D eigenvalue weighted by atomic mass is 9.90. The van der Waals surface area contributed by atoms with Crippen LogP contribution < -0.4 is 14.8 Å². The van der Waals surface area contributed by atoms with Gasteiger partial charge in [0, 0.05) is 38.3 Å². The number of rotatable bonds is 7. The van der Waals surface area contributed by atoms with Crippen LogP contribution in [0.4, 0.5) is 4.39 Å². The zero-order chi connectivity index (χ0) is 24.9. The summed E-state index contributed by atoms with van der Waals surface area (Å²) in [4.78, 5) is 2.35. The maximum Gasteiger partial charge on any atom is 0.124 e. The van der Waals surface area contributed by atoms with E-state index in [0.29, 0.717) is 26.1 Å². The molecular weight excluding hydrogens is 451 g/mol. The molecule has 0 spiro atoms. The van der Waals surface area contributed by atoms with E-state index >= 15 is 0 Å². The van der Waals surface area contributed by atoms with Gasteiger partial charge in [0.15, 0.2) is 0 Å². The molecule has 190 valence electrons. The normalized spacial score (nSPS) is 16.8. The predicted molar refractivity (Wildman–Crippen MR) is 145 cm³/mol. The third kappa shape index (κ3) is 5.58. The van der Waals surface area contributed by atoms with Gasteiger partial charge in [0.05, 0.1) is 6.61 Å². The summed E-state index contributed by atoms with van der Waals surface area (Å²) in [5.41, 5.74) is 8.44. The molecule has 0 atom stereocenters. The first-order chi connectivity index (χ1) is 17.6. The lowest BCUT2D eigenvalue weighted by Gasteiger charge is -2.28. The van der Waals surface area contributed by atoms with Crippen LogP contribution in [-0.4, -0.2) is 50.5 Å². The molecule has 36 heavy (non-hydrogen) atoms. The Kier molecular flexibility index (Phi) is 7.88. The number of piperidine rings is 1. The van der Waals surface area contributed by atoms with Gasteiger partial charge in [-0.25, -0.2) is 4.39 Å². The van der Waals surface area contributed by atoms with Gasteiger partial charge in [-0.15, -0.1) is 0 Å². The van der Waals surface area contributed by atoms with Crippen LogP contribution in [0.1, 0.15) is 36.0 Å². The number of nitrogens with one attached hydrogen (secondary N) is 1. The van der Waals surface area contributed by atoms with E-state index < -0.39 is 6.17 Å². The van der Waals surface area contributed by atoms with Crippen LogP contribution in [0, 0.1) is 13.8 Å². The summed E-state index contributed by atoms with van der Waals surface area (Å²) in [5.74, 6) is 1.91. The first kappa shape index (κ1) is 24.8. The molecule has 2 aliphatic rings. The van der Waals surface area contributed by atoms with Crippen LogP contribution >= 0.6 is 0 Å². The maximum absolute atomic E-state index is 13.4. The molecule has 0 saturated carbocycles. The molecule has 0 unspecified atom stereocenters. The molecule has 0 radical (unpaired) electrons. The highest BCUT2D eigenvalue weighted by Gasteiger charge is 2.18. The third-order valence-electron chi connectivity index (χ3n) is 7.53. The zero-order valence-corrected chi connectivity index (χ0v) is 21.5. The number of halogens is 1. The highest BCUT2D eigenvalue weighted by molar-refractivity contribution is 5.81. The summed E-state index contributed by atoms with van der Waals surface area (Å²) in [6.45, 7) is 10.1. The topological polar surface area (TPSA) is 33.7 Å². The maximum atomic E-state index is 13.4. The lowest BCUT2D eigenvalue weighted by molar-refractivity contribution is 0.143. The van der Waals surface area contributed by atoms with Gasteiger partial charge in [0.2, 0.25) is 0 Å². The summed E-state index contributed by atoms with van der Waals surface area (Å²) in [6.07, 6.45) is 1.66. The van der Waals surface area contributed by atoms with Gasteiger partial charge in [0.25, 0.3) is 0 Å². The van der Waals surface area contributed by atoms with Gasteiger partial charge < -0.3 is 19.7 Å². The Bertz CT molecular complexity index is 1190. The minimum absolute atomic E-state index is 0.618. The highest BCUT2D eigenvalue weighted by Crippen LogP contribution is 2.37. The van der Waals surface area contributed by atoms with E-state index in [1.807, 2.05) is 0 Å². The number of alkyl halides is 1. The van der Waals surface area contributed by atoms with Crippen molar-refractivity contribution in [3.8, 4) is 33.8 Å². The number of hydrogen-bond donors (Lipinski definition) is 1. The fraction of sp³-hybridized carbons (Fsp3) is 0.419. The SMILES string of the molecule is Cc1c(OCCCN2CCC(F)CC2)cccc1-c1cccc(-c2ccc3c(c2)OCCNC3)c1C. The monoisotopic (exact) mass is 488 g/mol. The van der Waals surface area contributed by atoms with Crippen LogP contribution in [0.3, 0.4) is 0 Å². The molecule has 1 fully saturated rings. The van der Waals surface area contributed by atoms with Crippen molar-refractivity contribution in [2.24, 2.45) is 0 Å². The molecule has 0 amide bonds. The third-order valence-corrected chi connectivity index (χ3v) is 7.53. The molecule has 0 aliphatic carbocycles. The average Bonchev–Trinajstić information content (AvgIpc) is 3.14. The second kappa shape index (κ2) is 11.4. The van der Waals surface area contributed by atoms with Crippen molar-refractivity contribution >= 4 is 0 Å². The van der Waals surface area contributed by atoms with E-state index in [-0.39, 0.29) is 0 Å². The van der Waals surface area contributed by atoms with Crippen LogP contribution in [-0.2, 0) is 6.54 Å². The zero-order valence-electron chi connectivity index (χ0n) is 21.5. The van der Waals surface area contributed by atoms with Gasteiger partial charge in [-0.3, -0.25) is 0 Å². The Morgan fingerprint density at radius 1 is 0.972 bits per heavy atom. The van der Waals surface area contributed by atoms with Crippen LogP contribution in [0.5, 0.6) is 11.5 Å². The van der Waals surface area contributed by atoms with Crippen molar-refractivity contribution in [1.82, 2.24) is 10.2 Å². The van der Waals surface area contributed by atoms with E-state index in [4.69, 9.17) is 9.47 Å². The van der Waals surface area contributed by atoms with Crippen LogP contribution in [0.15, 0.2) is 54.6 Å². The molecule has 1 saturated heterocycles. The smallest absolute Gasteiger partial charge is 0.124 e. The largest absolute Gasteiger partial charge is 0.493 e. The van der Waals surface area contributed by atoms with Crippen LogP contribution in [0.25, 0.3) is 22.3 Å². The summed E-state index contributed by atoms with van der Waals surface area (Å²) >= 11 is 0. The Hall–Kier alpha value is -2.89. The standard InChI is InChI=1S/C31H37FN2O2/c1-22-27(24-10-11-25-21-33-14-19-36-31(25)20-24)6-3-7-28(22)29-8-4-9-30(23(29)2)35-18-5-15-34-16-12-26(32)13-17-34/h3-4,6-11,20,26,33H,5,12-19,21H2,1-2H3. The molecule has 2 heterocycles. The van der Waals surface area contributed by atoms with Gasteiger partial charge >= 0.3 is 0 Å². The predicted octanol–water partition coefficient (Wildman–Crippen LogP) is 6.32. The summed E-state index contributed by atoms with van der Waals surface area (Å²) in [6, 6.07) is 19.4. The Balaban J connectivity index is 1.31. The van der Waals surface area contributed by atoms with Gasteiger partial charge in [-0.05, 0) is 78.6 Å². The number of nitrogens with zero attached hydrogens (tertiary/aromatic N) is 1. The molecule has 4 nitrogen and oxygen atoms in total. The van der Waals surface area contributed by atoms with Crippen molar-refractivity contribution in [2.45, 2.75) is 45.8 Å². The number of fused-ring (bicyclic) bond motifs is 1. The first-order valence-corrected chi connectivity index (χ1v) is 13.3. The van der Waals surface area contributed by atoms with Gasteiger partial charge in [0.1, 0.15) is 24.3 Å². The second-order valence-electron chi connectivity index (χ2n) is 9.97. The average molecular weight is 489 g/mol. The van der Waals surface area contributed by atoms with E-state index in [2.05, 4.69) is 78.7 Å². The fourth-order valence-electron chi connectivity index (χ4n) is 5.36. The molecule has 5 heteroatoms. The second-order valence-corrected chi connectivity index (χ2v) is 9.97. The van der Waals surface area contributed by atoms with E-state index in [9.17, 15) is 4.39 Å². The van der Waals surface area contributed by atoms with Crippen molar-refractivity contribution < 1.29 is 13.9 Å². The van der Waals surface area contributed by atoms with Gasteiger partial charge in [-0.1, -0.05) is 42.5 Å². The number of likely N-dealkylation sites (tertiary alicyclic amines) is 1. The van der Waals surface area contributed by atoms with E-state index in [1.165, 1.54) is 33.4 Å². The number of benzene rings is 3. The molecule has 1 N–H and O–H groups in total. The molecule has 5 rings (SSSR count). The molecule has 0 aromatic heterocycles. The number of ether oxygens (including phenoxy) is 2. The molecule has 2 aliphatic heterocycles.